The predicted octanol–water partition coefficient (Wildman–Crippen LogP) is 4.64. The summed E-state index contributed by atoms with van der Waals surface area (Å²) in [7, 11) is 1.57. The maximum atomic E-state index is 13.1. The van der Waals surface area contributed by atoms with Crippen LogP contribution in [0.3, 0.4) is 0 Å². The largest absolute Gasteiger partial charge is 0.507 e. The fourth-order valence-corrected chi connectivity index (χ4v) is 3.96. The number of likely N-dealkylation sites (tertiary alicyclic amines) is 1. The van der Waals surface area contributed by atoms with Crippen molar-refractivity contribution in [3.05, 3.63) is 64.7 Å². The number of hydrogen-bond acceptors (Lipinski definition) is 6. The maximum absolute atomic E-state index is 13.1. The van der Waals surface area contributed by atoms with Crippen LogP contribution < -0.4 is 9.47 Å². The van der Waals surface area contributed by atoms with E-state index in [4.69, 9.17) is 14.2 Å². The Balaban J connectivity index is 2.05. The van der Waals surface area contributed by atoms with E-state index in [2.05, 4.69) is 0 Å². The summed E-state index contributed by atoms with van der Waals surface area (Å²) in [6, 6.07) is 11.6. The highest BCUT2D eigenvalue weighted by molar-refractivity contribution is 6.46. The molecule has 7 nitrogen and oxygen atoms in total. The van der Waals surface area contributed by atoms with E-state index in [0.29, 0.717) is 23.5 Å². The maximum Gasteiger partial charge on any atom is 0.295 e. The number of benzene rings is 2. The zero-order valence-corrected chi connectivity index (χ0v) is 20.5. The van der Waals surface area contributed by atoms with Crippen molar-refractivity contribution in [2.45, 2.75) is 46.3 Å². The second kappa shape index (κ2) is 11.2. The van der Waals surface area contributed by atoms with Crippen molar-refractivity contribution in [2.24, 2.45) is 0 Å². The number of ether oxygens (including phenoxy) is 3. The van der Waals surface area contributed by atoms with Gasteiger partial charge in [-0.1, -0.05) is 19.1 Å². The van der Waals surface area contributed by atoms with Gasteiger partial charge in [0.15, 0.2) is 0 Å². The quantitative estimate of drug-likeness (QED) is 0.311. The lowest BCUT2D eigenvalue weighted by Crippen LogP contribution is -2.33. The van der Waals surface area contributed by atoms with Gasteiger partial charge >= 0.3 is 0 Å². The van der Waals surface area contributed by atoms with Crippen LogP contribution in [-0.2, 0) is 14.3 Å². The number of nitrogens with zero attached hydrogens (tertiary/aromatic N) is 1. The minimum Gasteiger partial charge on any atom is -0.507 e. The number of rotatable bonds is 10. The van der Waals surface area contributed by atoms with Crippen LogP contribution in [0.4, 0.5) is 0 Å². The molecule has 3 rings (SSSR count). The molecule has 2 aromatic rings. The molecule has 1 amide bonds. The summed E-state index contributed by atoms with van der Waals surface area (Å²) >= 11 is 0. The van der Waals surface area contributed by atoms with Crippen LogP contribution in [0.25, 0.3) is 5.76 Å². The van der Waals surface area contributed by atoms with Crippen molar-refractivity contribution < 1.29 is 28.9 Å². The summed E-state index contributed by atoms with van der Waals surface area (Å²) in [6.07, 6.45) is 0.875. The van der Waals surface area contributed by atoms with Crippen molar-refractivity contribution >= 4 is 17.4 Å². The van der Waals surface area contributed by atoms with Gasteiger partial charge in [0.25, 0.3) is 11.7 Å². The third-order valence-corrected chi connectivity index (χ3v) is 5.66. The molecule has 0 radical (unpaired) electrons. The molecule has 1 aliphatic rings. The van der Waals surface area contributed by atoms with Gasteiger partial charge in [-0.15, -0.1) is 0 Å². The molecule has 34 heavy (non-hydrogen) atoms. The highest BCUT2D eigenvalue weighted by Gasteiger charge is 2.46. The zero-order valence-electron chi connectivity index (χ0n) is 20.5. The van der Waals surface area contributed by atoms with E-state index >= 15 is 0 Å². The molecule has 182 valence electrons. The first-order valence-electron chi connectivity index (χ1n) is 11.6. The van der Waals surface area contributed by atoms with Crippen LogP contribution >= 0.6 is 0 Å². The molecule has 0 bridgehead atoms. The summed E-state index contributed by atoms with van der Waals surface area (Å²) in [5, 5.41) is 11.2. The molecular formula is C27H33NO6. The van der Waals surface area contributed by atoms with Gasteiger partial charge in [-0.2, -0.15) is 0 Å². The van der Waals surface area contributed by atoms with E-state index in [-0.39, 0.29) is 30.6 Å². The Kier molecular flexibility index (Phi) is 8.34. The first-order valence-corrected chi connectivity index (χ1v) is 11.6. The fraction of sp³-hybridized carbons (Fsp3) is 0.407. The normalized spacial score (nSPS) is 17.5. The molecule has 0 aromatic heterocycles. The van der Waals surface area contributed by atoms with E-state index in [1.54, 1.807) is 49.6 Å². The third-order valence-electron chi connectivity index (χ3n) is 5.66. The molecule has 1 fully saturated rings. The van der Waals surface area contributed by atoms with Gasteiger partial charge in [-0.05, 0) is 68.7 Å². The number of amides is 1. The number of aryl methyl sites for hydroxylation is 1. The van der Waals surface area contributed by atoms with Crippen molar-refractivity contribution in [3.63, 3.8) is 0 Å². The lowest BCUT2D eigenvalue weighted by atomic mass is 9.94. The smallest absolute Gasteiger partial charge is 0.295 e. The molecule has 1 heterocycles. The standard InChI is InChI=1S/C27H33NO6/c1-6-14-34-22-12-9-20(16-18(22)4)25(29)23-24(19-7-10-21(32-5)11-8-19)28(27(31)26(23)30)13-15-33-17(2)3/h7-12,16-17,24,29H,6,13-15H2,1-5H3/b25-23-. The molecule has 2 aromatic carbocycles. The van der Waals surface area contributed by atoms with Crippen LogP contribution in [0, 0.1) is 6.92 Å². The van der Waals surface area contributed by atoms with Gasteiger partial charge in [0.1, 0.15) is 17.3 Å². The topological polar surface area (TPSA) is 85.3 Å². The number of ketones is 1. The minimum atomic E-state index is -0.738. The van der Waals surface area contributed by atoms with Crippen LogP contribution in [-0.4, -0.2) is 54.7 Å². The van der Waals surface area contributed by atoms with Crippen molar-refractivity contribution in [2.75, 3.05) is 26.9 Å². The monoisotopic (exact) mass is 467 g/mol. The van der Waals surface area contributed by atoms with E-state index in [1.165, 1.54) is 4.90 Å². The Morgan fingerprint density at radius 1 is 1.09 bits per heavy atom. The van der Waals surface area contributed by atoms with Crippen LogP contribution in [0.2, 0.25) is 0 Å². The number of methoxy groups -OCH3 is 1. The molecule has 1 saturated heterocycles. The lowest BCUT2D eigenvalue weighted by Gasteiger charge is -2.26. The second-order valence-corrected chi connectivity index (χ2v) is 8.51. The number of carbonyl (C=O) groups excluding carboxylic acids is 2. The summed E-state index contributed by atoms with van der Waals surface area (Å²) in [4.78, 5) is 27.6. The van der Waals surface area contributed by atoms with E-state index in [9.17, 15) is 14.7 Å². The van der Waals surface area contributed by atoms with Gasteiger partial charge in [-0.25, -0.2) is 0 Å². The van der Waals surface area contributed by atoms with Gasteiger partial charge in [-0.3, -0.25) is 9.59 Å². The van der Waals surface area contributed by atoms with Crippen LogP contribution in [0.5, 0.6) is 11.5 Å². The number of Topliss-reactive ketones (excluding diaryl/α,β-unsaturated/α-hetero) is 1. The average Bonchev–Trinajstić information content (AvgIpc) is 3.07. The van der Waals surface area contributed by atoms with E-state index < -0.39 is 17.7 Å². The highest BCUT2D eigenvalue weighted by atomic mass is 16.5. The zero-order chi connectivity index (χ0) is 24.8. The van der Waals surface area contributed by atoms with Gasteiger partial charge in [0, 0.05) is 12.1 Å². The molecule has 0 saturated carbocycles. The first-order chi connectivity index (χ1) is 16.3. The number of hydrogen-bond donors (Lipinski definition) is 1. The Morgan fingerprint density at radius 3 is 2.38 bits per heavy atom. The summed E-state index contributed by atoms with van der Waals surface area (Å²) < 4.78 is 16.6. The SMILES string of the molecule is CCCOc1ccc(/C(O)=C2/C(=O)C(=O)N(CCOC(C)C)C2c2ccc(OC)cc2)cc1C. The lowest BCUT2D eigenvalue weighted by molar-refractivity contribution is -0.140. The Morgan fingerprint density at radius 2 is 1.79 bits per heavy atom. The summed E-state index contributed by atoms with van der Waals surface area (Å²) in [5.74, 6) is -0.212. The van der Waals surface area contributed by atoms with Crippen molar-refractivity contribution in [1.29, 1.82) is 0 Å². The molecule has 7 heteroatoms. The minimum absolute atomic E-state index is 0.00678. The average molecular weight is 468 g/mol. The second-order valence-electron chi connectivity index (χ2n) is 8.51. The Hall–Kier alpha value is -3.32. The van der Waals surface area contributed by atoms with Crippen LogP contribution in [0.15, 0.2) is 48.0 Å². The first kappa shape index (κ1) is 25.3. The van der Waals surface area contributed by atoms with Gasteiger partial charge in [0.2, 0.25) is 0 Å². The molecule has 0 spiro atoms. The fourth-order valence-electron chi connectivity index (χ4n) is 3.96. The molecule has 0 aliphatic carbocycles. The highest BCUT2D eigenvalue weighted by Crippen LogP contribution is 2.40. The molecular weight excluding hydrogens is 434 g/mol. The molecule has 1 atom stereocenters. The van der Waals surface area contributed by atoms with E-state index in [1.807, 2.05) is 27.7 Å². The van der Waals surface area contributed by atoms with Crippen molar-refractivity contribution in [1.82, 2.24) is 4.90 Å². The van der Waals surface area contributed by atoms with Gasteiger partial charge < -0.3 is 24.2 Å². The molecule has 1 unspecified atom stereocenters. The number of carbonyl (C=O) groups is 2. The predicted molar refractivity (Wildman–Crippen MR) is 130 cm³/mol. The third kappa shape index (κ3) is 5.42. The van der Waals surface area contributed by atoms with Gasteiger partial charge in [0.05, 0.1) is 38.0 Å². The summed E-state index contributed by atoms with van der Waals surface area (Å²) in [5.41, 5.74) is 2.04. The molecule has 1 N–H and O–H groups in total. The van der Waals surface area contributed by atoms with Crippen LogP contribution in [0.1, 0.15) is 49.9 Å². The Bertz CT molecular complexity index is 1060. The number of aliphatic hydroxyl groups is 1. The van der Waals surface area contributed by atoms with E-state index in [0.717, 1.165) is 17.7 Å². The summed E-state index contributed by atoms with van der Waals surface area (Å²) in [6.45, 7) is 8.81. The Labute approximate surface area is 200 Å². The van der Waals surface area contributed by atoms with Crippen molar-refractivity contribution in [3.8, 4) is 11.5 Å². The molecule has 1 aliphatic heterocycles. The number of aliphatic hydroxyl groups excluding tert-OH is 1.